The second kappa shape index (κ2) is 9.77. The van der Waals surface area contributed by atoms with Crippen molar-refractivity contribution in [2.24, 2.45) is 0 Å². The Labute approximate surface area is 201 Å². The van der Waals surface area contributed by atoms with Gasteiger partial charge in [0.15, 0.2) is 0 Å². The van der Waals surface area contributed by atoms with Crippen molar-refractivity contribution in [3.8, 4) is 5.75 Å². The number of carbonyl (C=O) groups is 1. The van der Waals surface area contributed by atoms with Gasteiger partial charge in [-0.05, 0) is 36.8 Å². The van der Waals surface area contributed by atoms with E-state index in [1.165, 1.54) is 0 Å². The van der Waals surface area contributed by atoms with Gasteiger partial charge in [-0.1, -0.05) is 54.6 Å². The van der Waals surface area contributed by atoms with Gasteiger partial charge in [0.25, 0.3) is 5.91 Å². The number of hydrogen-bond acceptors (Lipinski definition) is 5. The molecule has 0 aliphatic carbocycles. The maximum atomic E-state index is 12.9. The third kappa shape index (κ3) is 4.33. The third-order valence-electron chi connectivity index (χ3n) is 6.88. The fraction of sp³-hybridized carbons (Fsp3) is 0.321. The number of benzene rings is 3. The molecule has 3 aromatic carbocycles. The quantitative estimate of drug-likeness (QED) is 0.604. The van der Waals surface area contributed by atoms with Crippen molar-refractivity contribution in [1.29, 1.82) is 0 Å². The summed E-state index contributed by atoms with van der Waals surface area (Å²) in [4.78, 5) is 20.2. The van der Waals surface area contributed by atoms with Gasteiger partial charge in [0, 0.05) is 38.8 Å². The van der Waals surface area contributed by atoms with E-state index >= 15 is 0 Å². The van der Waals surface area contributed by atoms with Crippen molar-refractivity contribution in [2.45, 2.75) is 19.1 Å². The highest BCUT2D eigenvalue weighted by Crippen LogP contribution is 2.35. The molecular formula is C28H32N4O2. The van der Waals surface area contributed by atoms with E-state index in [1.54, 1.807) is 7.11 Å². The Kier molecular flexibility index (Phi) is 6.41. The van der Waals surface area contributed by atoms with Crippen molar-refractivity contribution in [1.82, 2.24) is 10.2 Å². The molecular weight excluding hydrogens is 424 g/mol. The number of anilines is 2. The smallest absolute Gasteiger partial charge is 0.255 e. The van der Waals surface area contributed by atoms with Crippen LogP contribution in [0.4, 0.5) is 11.4 Å². The van der Waals surface area contributed by atoms with Crippen molar-refractivity contribution < 1.29 is 9.53 Å². The fourth-order valence-electron chi connectivity index (χ4n) is 5.20. The second-order valence-electron chi connectivity index (χ2n) is 9.02. The Hall–Kier alpha value is -3.51. The van der Waals surface area contributed by atoms with Crippen LogP contribution in [-0.4, -0.2) is 56.7 Å². The molecule has 6 nitrogen and oxygen atoms in total. The summed E-state index contributed by atoms with van der Waals surface area (Å²) in [7, 11) is 1.73. The lowest BCUT2D eigenvalue weighted by atomic mass is 10.0. The summed E-state index contributed by atoms with van der Waals surface area (Å²) in [5.74, 6) is 0.911. The minimum atomic E-state index is -0.187. The monoisotopic (exact) mass is 456 g/mol. The molecule has 1 amide bonds. The zero-order valence-corrected chi connectivity index (χ0v) is 19.9. The van der Waals surface area contributed by atoms with Crippen LogP contribution in [-0.2, 0) is 0 Å². The minimum absolute atomic E-state index is 0.0154. The number of nitrogens with one attached hydrogen (secondary N) is 1. The summed E-state index contributed by atoms with van der Waals surface area (Å²) < 4.78 is 5.57. The van der Waals surface area contributed by atoms with Crippen LogP contribution >= 0.6 is 0 Å². The lowest BCUT2D eigenvalue weighted by molar-refractivity contribution is 0.0922. The van der Waals surface area contributed by atoms with Crippen molar-refractivity contribution in [3.05, 3.63) is 90.0 Å². The number of fused-ring (bicyclic) bond motifs is 1. The molecule has 3 aromatic rings. The molecule has 6 heteroatoms. The topological polar surface area (TPSA) is 48.1 Å². The van der Waals surface area contributed by atoms with Gasteiger partial charge < -0.3 is 19.9 Å². The van der Waals surface area contributed by atoms with Gasteiger partial charge in [-0.2, -0.15) is 0 Å². The number of nitrogens with zero attached hydrogens (tertiary/aromatic N) is 3. The van der Waals surface area contributed by atoms with Gasteiger partial charge in [-0.15, -0.1) is 0 Å². The molecule has 1 fully saturated rings. The standard InChI is InChI=1S/C28H32N4O2/c1-21(20-30-16-18-31(19-17-30)25-14-8-9-15-26(25)34-2)32-24-13-7-6-12-23(24)28(33)29-27(32)22-10-4-3-5-11-22/h3-15,21,27H,16-20H2,1-2H3,(H,29,33). The molecule has 2 aliphatic rings. The van der Waals surface area contributed by atoms with Crippen LogP contribution in [0, 0.1) is 0 Å². The van der Waals surface area contributed by atoms with Crippen molar-refractivity contribution in [2.75, 3.05) is 49.6 Å². The molecule has 5 rings (SSSR count). The molecule has 176 valence electrons. The highest BCUT2D eigenvalue weighted by Gasteiger charge is 2.35. The molecule has 34 heavy (non-hydrogen) atoms. The number of hydrogen-bond donors (Lipinski definition) is 1. The normalized spacial score (nSPS) is 19.4. The number of ether oxygens (including phenoxy) is 1. The molecule has 2 unspecified atom stereocenters. The lowest BCUT2D eigenvalue weighted by Crippen LogP contribution is -2.55. The largest absolute Gasteiger partial charge is 0.495 e. The summed E-state index contributed by atoms with van der Waals surface area (Å²) in [6, 6.07) is 26.6. The summed E-state index contributed by atoms with van der Waals surface area (Å²) >= 11 is 0. The van der Waals surface area contributed by atoms with E-state index in [9.17, 15) is 4.79 Å². The third-order valence-corrected chi connectivity index (χ3v) is 6.88. The number of para-hydroxylation sites is 3. The van der Waals surface area contributed by atoms with E-state index in [4.69, 9.17) is 4.74 Å². The summed E-state index contributed by atoms with van der Waals surface area (Å²) in [5.41, 5.74) is 4.00. The number of piperazine rings is 1. The molecule has 2 atom stereocenters. The van der Waals surface area contributed by atoms with Crippen LogP contribution in [0.25, 0.3) is 0 Å². The Morgan fingerprint density at radius 2 is 1.53 bits per heavy atom. The predicted octanol–water partition coefficient (Wildman–Crippen LogP) is 4.15. The Morgan fingerprint density at radius 1 is 0.882 bits per heavy atom. The number of methoxy groups -OCH3 is 1. The van der Waals surface area contributed by atoms with Crippen LogP contribution in [0.15, 0.2) is 78.9 Å². The van der Waals surface area contributed by atoms with Crippen LogP contribution in [0.2, 0.25) is 0 Å². The molecule has 0 saturated carbocycles. The minimum Gasteiger partial charge on any atom is -0.495 e. The molecule has 2 heterocycles. The van der Waals surface area contributed by atoms with Crippen LogP contribution in [0.5, 0.6) is 5.75 Å². The summed E-state index contributed by atoms with van der Waals surface area (Å²) in [5, 5.41) is 3.24. The van der Waals surface area contributed by atoms with Gasteiger partial charge in [0.05, 0.1) is 24.0 Å². The molecule has 0 radical (unpaired) electrons. The van der Waals surface area contributed by atoms with Crippen LogP contribution in [0.3, 0.4) is 0 Å². The first kappa shape index (κ1) is 22.3. The molecule has 1 N–H and O–H groups in total. The molecule has 0 bridgehead atoms. The summed E-state index contributed by atoms with van der Waals surface area (Å²) in [6.45, 7) is 7.08. The van der Waals surface area contributed by atoms with E-state index in [-0.39, 0.29) is 18.1 Å². The van der Waals surface area contributed by atoms with E-state index in [1.807, 2.05) is 48.5 Å². The molecule has 0 aromatic heterocycles. The fourth-order valence-corrected chi connectivity index (χ4v) is 5.20. The number of carbonyl (C=O) groups excluding carboxylic acids is 1. The van der Waals surface area contributed by atoms with Gasteiger partial charge >= 0.3 is 0 Å². The second-order valence-corrected chi connectivity index (χ2v) is 9.02. The lowest BCUT2D eigenvalue weighted by Gasteiger charge is -2.45. The Balaban J connectivity index is 1.33. The zero-order chi connectivity index (χ0) is 23.5. The SMILES string of the molecule is COc1ccccc1N1CCN(CC(C)N2c3ccccc3C(=O)NC2c2ccccc2)CC1. The number of amides is 1. The molecule has 1 saturated heterocycles. The average molecular weight is 457 g/mol. The molecule has 2 aliphatic heterocycles. The summed E-state index contributed by atoms with van der Waals surface area (Å²) in [6.07, 6.45) is -0.187. The van der Waals surface area contributed by atoms with Gasteiger partial charge in [0.2, 0.25) is 0 Å². The van der Waals surface area contributed by atoms with E-state index in [0.29, 0.717) is 0 Å². The van der Waals surface area contributed by atoms with Crippen LogP contribution in [0.1, 0.15) is 29.0 Å². The van der Waals surface area contributed by atoms with Gasteiger partial charge in [-0.25, -0.2) is 0 Å². The van der Waals surface area contributed by atoms with Crippen molar-refractivity contribution >= 4 is 17.3 Å². The van der Waals surface area contributed by atoms with Crippen LogP contribution < -0.4 is 19.9 Å². The first-order chi connectivity index (χ1) is 16.7. The van der Waals surface area contributed by atoms with E-state index in [0.717, 1.165) is 61.0 Å². The zero-order valence-electron chi connectivity index (χ0n) is 19.9. The highest BCUT2D eigenvalue weighted by atomic mass is 16.5. The Morgan fingerprint density at radius 3 is 2.26 bits per heavy atom. The number of rotatable bonds is 6. The van der Waals surface area contributed by atoms with E-state index in [2.05, 4.69) is 57.3 Å². The van der Waals surface area contributed by atoms with Gasteiger partial charge in [-0.3, -0.25) is 9.69 Å². The average Bonchev–Trinajstić information content (AvgIpc) is 2.89. The maximum Gasteiger partial charge on any atom is 0.255 e. The highest BCUT2D eigenvalue weighted by molar-refractivity contribution is 6.02. The first-order valence-corrected chi connectivity index (χ1v) is 12.0. The Bertz CT molecular complexity index is 1130. The van der Waals surface area contributed by atoms with E-state index < -0.39 is 0 Å². The van der Waals surface area contributed by atoms with Gasteiger partial charge in [0.1, 0.15) is 11.9 Å². The predicted molar refractivity (Wildman–Crippen MR) is 137 cm³/mol. The first-order valence-electron chi connectivity index (χ1n) is 12.0. The van der Waals surface area contributed by atoms with Crippen molar-refractivity contribution in [3.63, 3.8) is 0 Å². The molecule has 0 spiro atoms. The maximum absolute atomic E-state index is 12.9.